The third-order valence-electron chi connectivity index (χ3n) is 2.98. The Morgan fingerprint density at radius 3 is 2.48 bits per heavy atom. The van der Waals surface area contributed by atoms with Gasteiger partial charge in [-0.05, 0) is 31.2 Å². The number of rotatable bonds is 6. The Bertz CT molecular complexity index is 505. The Labute approximate surface area is 127 Å². The highest BCUT2D eigenvalue weighted by atomic mass is 32.2. The molecule has 1 heterocycles. The van der Waals surface area contributed by atoms with Crippen LogP contribution < -0.4 is 9.47 Å². The van der Waals surface area contributed by atoms with E-state index in [0.29, 0.717) is 24.0 Å². The molecule has 2 rings (SSSR count). The zero-order valence-electron chi connectivity index (χ0n) is 11.7. The molecule has 1 N–H and O–H groups in total. The van der Waals surface area contributed by atoms with Gasteiger partial charge in [0.25, 0.3) is 5.91 Å². The van der Waals surface area contributed by atoms with Gasteiger partial charge in [-0.1, -0.05) is 0 Å². The van der Waals surface area contributed by atoms with E-state index in [1.165, 1.54) is 16.7 Å². The Hall–Kier alpha value is -1.89. The molecule has 0 spiro atoms. The maximum Gasteiger partial charge on any atom is 0.327 e. The summed E-state index contributed by atoms with van der Waals surface area (Å²) >= 11 is 1.43. The standard InChI is InChI=1S/C14H17NO5S/c1-2-19-10-3-5-11(6-4-10)20-7-13(16)15-9-21-8-12(15)14(17)18/h3-6,12H,2,7-9H2,1H3,(H,17,18). The van der Waals surface area contributed by atoms with E-state index in [1.54, 1.807) is 24.3 Å². The highest BCUT2D eigenvalue weighted by Crippen LogP contribution is 2.22. The van der Waals surface area contributed by atoms with Crippen molar-refractivity contribution in [1.29, 1.82) is 0 Å². The van der Waals surface area contributed by atoms with Crippen LogP contribution in [0.4, 0.5) is 0 Å². The number of hydrogen-bond acceptors (Lipinski definition) is 5. The molecule has 1 fully saturated rings. The van der Waals surface area contributed by atoms with Crippen LogP contribution in [0, 0.1) is 0 Å². The average molecular weight is 311 g/mol. The number of aliphatic carboxylic acids is 1. The highest BCUT2D eigenvalue weighted by Gasteiger charge is 2.34. The second-order valence-electron chi connectivity index (χ2n) is 4.41. The summed E-state index contributed by atoms with van der Waals surface area (Å²) in [5.41, 5.74) is 0. The van der Waals surface area contributed by atoms with Gasteiger partial charge in [0.05, 0.1) is 12.5 Å². The molecule has 114 valence electrons. The first-order valence-electron chi connectivity index (χ1n) is 6.57. The molecule has 0 aromatic heterocycles. The molecule has 0 aliphatic carbocycles. The minimum atomic E-state index is -0.977. The molecule has 1 atom stereocenters. The molecule has 1 aromatic rings. The fraction of sp³-hybridized carbons (Fsp3) is 0.429. The number of carboxylic acid groups (broad SMARTS) is 1. The summed E-state index contributed by atoms with van der Waals surface area (Å²) in [6.07, 6.45) is 0. The van der Waals surface area contributed by atoms with Crippen LogP contribution in [0.3, 0.4) is 0 Å². The first-order chi connectivity index (χ1) is 10.1. The molecule has 0 saturated carbocycles. The van der Waals surface area contributed by atoms with E-state index in [4.69, 9.17) is 14.6 Å². The van der Waals surface area contributed by atoms with Crippen LogP contribution in [0.1, 0.15) is 6.92 Å². The van der Waals surface area contributed by atoms with Gasteiger partial charge in [0, 0.05) is 5.75 Å². The molecular formula is C14H17NO5S. The van der Waals surface area contributed by atoms with Crippen molar-refractivity contribution in [2.75, 3.05) is 24.8 Å². The first-order valence-corrected chi connectivity index (χ1v) is 7.73. The molecule has 0 bridgehead atoms. The van der Waals surface area contributed by atoms with E-state index in [0.717, 1.165) is 5.75 Å². The monoisotopic (exact) mass is 311 g/mol. The number of carbonyl (C=O) groups is 2. The number of hydrogen-bond donors (Lipinski definition) is 1. The third kappa shape index (κ3) is 4.04. The van der Waals surface area contributed by atoms with Crippen LogP contribution >= 0.6 is 11.8 Å². The van der Waals surface area contributed by atoms with E-state index < -0.39 is 12.0 Å². The van der Waals surface area contributed by atoms with E-state index in [-0.39, 0.29) is 12.5 Å². The Balaban J connectivity index is 1.87. The second-order valence-corrected chi connectivity index (χ2v) is 5.41. The van der Waals surface area contributed by atoms with Crippen molar-refractivity contribution in [3.05, 3.63) is 24.3 Å². The van der Waals surface area contributed by atoms with Gasteiger partial charge in [0.2, 0.25) is 0 Å². The van der Waals surface area contributed by atoms with Crippen LogP contribution in [0.5, 0.6) is 11.5 Å². The van der Waals surface area contributed by atoms with Crippen LogP contribution in [0.25, 0.3) is 0 Å². The van der Waals surface area contributed by atoms with E-state index in [9.17, 15) is 9.59 Å². The maximum atomic E-state index is 12.0. The second kappa shape index (κ2) is 7.21. The lowest BCUT2D eigenvalue weighted by molar-refractivity contribution is -0.148. The summed E-state index contributed by atoms with van der Waals surface area (Å²) in [5.74, 6) is 0.798. The lowest BCUT2D eigenvalue weighted by Crippen LogP contribution is -2.43. The normalized spacial score (nSPS) is 17.6. The van der Waals surface area contributed by atoms with Crippen LogP contribution in [-0.2, 0) is 9.59 Å². The van der Waals surface area contributed by atoms with Gasteiger partial charge in [-0.3, -0.25) is 4.79 Å². The average Bonchev–Trinajstić information content (AvgIpc) is 2.96. The van der Waals surface area contributed by atoms with Crippen LogP contribution in [0.2, 0.25) is 0 Å². The molecule has 1 aliphatic rings. The number of thioether (sulfide) groups is 1. The fourth-order valence-corrected chi connectivity index (χ4v) is 3.09. The number of carboxylic acids is 1. The molecule has 1 aromatic carbocycles. The number of ether oxygens (including phenoxy) is 2. The molecular weight excluding hydrogens is 294 g/mol. The van der Waals surface area contributed by atoms with Gasteiger partial charge >= 0.3 is 5.97 Å². The van der Waals surface area contributed by atoms with Gasteiger partial charge in [0.15, 0.2) is 6.61 Å². The lowest BCUT2D eigenvalue weighted by Gasteiger charge is -2.20. The van der Waals surface area contributed by atoms with Gasteiger partial charge < -0.3 is 19.5 Å². The highest BCUT2D eigenvalue weighted by molar-refractivity contribution is 7.99. The first kappa shape index (κ1) is 15.5. The van der Waals surface area contributed by atoms with Crippen molar-refractivity contribution in [3.8, 4) is 11.5 Å². The minimum Gasteiger partial charge on any atom is -0.494 e. The van der Waals surface area contributed by atoms with E-state index in [2.05, 4.69) is 0 Å². The molecule has 1 aliphatic heterocycles. The van der Waals surface area contributed by atoms with Crippen LogP contribution in [-0.4, -0.2) is 52.8 Å². The minimum absolute atomic E-state index is 0.168. The van der Waals surface area contributed by atoms with Crippen molar-refractivity contribution in [2.24, 2.45) is 0 Å². The topological polar surface area (TPSA) is 76.1 Å². The quantitative estimate of drug-likeness (QED) is 0.857. The zero-order chi connectivity index (χ0) is 15.2. The predicted molar refractivity (Wildman–Crippen MR) is 78.7 cm³/mol. The summed E-state index contributed by atoms with van der Waals surface area (Å²) in [4.78, 5) is 24.4. The molecule has 21 heavy (non-hydrogen) atoms. The fourth-order valence-electron chi connectivity index (χ4n) is 1.92. The van der Waals surface area contributed by atoms with E-state index >= 15 is 0 Å². The number of benzene rings is 1. The van der Waals surface area contributed by atoms with Crippen molar-refractivity contribution in [1.82, 2.24) is 4.90 Å². The Kier molecular flexibility index (Phi) is 5.32. The molecule has 6 nitrogen and oxygen atoms in total. The van der Waals surface area contributed by atoms with Crippen molar-refractivity contribution in [2.45, 2.75) is 13.0 Å². The third-order valence-corrected chi connectivity index (χ3v) is 4.00. The summed E-state index contributed by atoms with van der Waals surface area (Å²) in [6, 6.07) is 6.19. The maximum absolute atomic E-state index is 12.0. The number of carbonyl (C=O) groups excluding carboxylic acids is 1. The molecule has 1 saturated heterocycles. The summed E-state index contributed by atoms with van der Waals surface area (Å²) < 4.78 is 10.7. The van der Waals surface area contributed by atoms with Crippen molar-refractivity contribution < 1.29 is 24.2 Å². The van der Waals surface area contributed by atoms with Crippen molar-refractivity contribution >= 4 is 23.6 Å². The summed E-state index contributed by atoms with van der Waals surface area (Å²) in [5, 5.41) is 9.04. The number of amides is 1. The van der Waals surface area contributed by atoms with E-state index in [1.807, 2.05) is 6.92 Å². The molecule has 1 amide bonds. The molecule has 7 heteroatoms. The predicted octanol–water partition coefficient (Wildman–Crippen LogP) is 1.45. The van der Waals surface area contributed by atoms with Gasteiger partial charge in [-0.15, -0.1) is 11.8 Å². The zero-order valence-corrected chi connectivity index (χ0v) is 12.5. The molecule has 0 radical (unpaired) electrons. The van der Waals surface area contributed by atoms with Gasteiger partial charge in [0.1, 0.15) is 17.5 Å². The van der Waals surface area contributed by atoms with Gasteiger partial charge in [-0.25, -0.2) is 4.79 Å². The number of nitrogens with zero attached hydrogens (tertiary/aromatic N) is 1. The largest absolute Gasteiger partial charge is 0.494 e. The summed E-state index contributed by atoms with van der Waals surface area (Å²) in [7, 11) is 0. The van der Waals surface area contributed by atoms with Crippen molar-refractivity contribution in [3.63, 3.8) is 0 Å². The SMILES string of the molecule is CCOc1ccc(OCC(=O)N2CSCC2C(=O)O)cc1. The Morgan fingerprint density at radius 1 is 1.29 bits per heavy atom. The Morgan fingerprint density at radius 2 is 1.90 bits per heavy atom. The summed E-state index contributed by atoms with van der Waals surface area (Å²) in [6.45, 7) is 2.32. The van der Waals surface area contributed by atoms with Crippen LogP contribution in [0.15, 0.2) is 24.3 Å². The lowest BCUT2D eigenvalue weighted by atomic mass is 10.3. The van der Waals surface area contributed by atoms with Gasteiger partial charge in [-0.2, -0.15) is 0 Å². The molecule has 1 unspecified atom stereocenters. The smallest absolute Gasteiger partial charge is 0.327 e.